The molecule has 7 nitrogen and oxygen atoms in total. The van der Waals surface area contributed by atoms with Crippen LogP contribution in [-0.2, 0) is 13.5 Å². The third kappa shape index (κ3) is 2.81. The summed E-state index contributed by atoms with van der Waals surface area (Å²) in [6.45, 7) is 0. The van der Waals surface area contributed by atoms with Gasteiger partial charge in [0.25, 0.3) is 0 Å². The Hall–Kier alpha value is -3.55. The van der Waals surface area contributed by atoms with E-state index < -0.39 is 5.97 Å². The average molecular weight is 351 g/mol. The Balaban J connectivity index is 1.69. The van der Waals surface area contributed by atoms with E-state index in [0.717, 1.165) is 11.1 Å². The molecule has 0 aliphatic carbocycles. The van der Waals surface area contributed by atoms with Crippen LogP contribution in [0.15, 0.2) is 49.2 Å². The first-order valence-electron chi connectivity index (χ1n) is 7.84. The molecule has 0 aliphatic rings. The van der Waals surface area contributed by atoms with E-state index in [0.29, 0.717) is 11.1 Å². The van der Waals surface area contributed by atoms with Crippen LogP contribution in [-0.4, -0.2) is 35.5 Å². The highest BCUT2D eigenvalue weighted by Crippen LogP contribution is 2.23. The highest BCUT2D eigenvalue weighted by molar-refractivity contribution is 5.94. The van der Waals surface area contributed by atoms with Gasteiger partial charge in [0, 0.05) is 31.4 Å². The lowest BCUT2D eigenvalue weighted by Gasteiger charge is -2.07. The van der Waals surface area contributed by atoms with E-state index in [1.807, 2.05) is 12.3 Å². The number of pyridine rings is 1. The number of rotatable bonds is 4. The van der Waals surface area contributed by atoms with E-state index in [2.05, 4.69) is 15.2 Å². The number of benzene rings is 1. The smallest absolute Gasteiger partial charge is 0.339 e. The summed E-state index contributed by atoms with van der Waals surface area (Å²) in [6, 6.07) is 6.48. The first kappa shape index (κ1) is 15.9. The number of carboxylic acids is 1. The monoisotopic (exact) mass is 351 g/mol. The summed E-state index contributed by atoms with van der Waals surface area (Å²) >= 11 is 0. The molecule has 3 aromatic heterocycles. The molecule has 0 bridgehead atoms. The molecule has 1 N–H and O–H groups in total. The number of aryl methyl sites for hydroxylation is 1. The third-order valence-corrected chi connectivity index (χ3v) is 4.15. The molecule has 0 aliphatic heterocycles. The zero-order chi connectivity index (χ0) is 18.3. The maximum Gasteiger partial charge on any atom is 0.339 e. The Labute approximate surface area is 147 Å². The van der Waals surface area contributed by atoms with Crippen molar-refractivity contribution >= 4 is 11.6 Å². The fourth-order valence-corrected chi connectivity index (χ4v) is 2.90. The minimum absolute atomic E-state index is 0.0346. The van der Waals surface area contributed by atoms with Gasteiger partial charge in [0.05, 0.1) is 6.20 Å². The lowest BCUT2D eigenvalue weighted by Crippen LogP contribution is -2.05. The predicted octanol–water partition coefficient (Wildman–Crippen LogP) is 2.56. The zero-order valence-corrected chi connectivity index (χ0v) is 13.8. The second-order valence-electron chi connectivity index (χ2n) is 5.98. The number of nitrogens with zero attached hydrogens (tertiary/aromatic N) is 5. The summed E-state index contributed by atoms with van der Waals surface area (Å²) in [4.78, 5) is 15.4. The number of hydrogen-bond acceptors (Lipinski definition) is 4. The second kappa shape index (κ2) is 6.07. The summed E-state index contributed by atoms with van der Waals surface area (Å²) < 4.78 is 17.6. The van der Waals surface area contributed by atoms with Crippen LogP contribution in [0.4, 0.5) is 4.39 Å². The average Bonchev–Trinajstić information content (AvgIpc) is 3.24. The SMILES string of the molecule is Cn1cc(-c2ccc(Cc3cc(C(=O)O)c4ncnn4c3)c(F)c2)cn1. The molecular weight excluding hydrogens is 337 g/mol. The van der Waals surface area contributed by atoms with E-state index in [1.165, 1.54) is 23.0 Å². The number of fused-ring (bicyclic) bond motifs is 1. The molecule has 0 unspecified atom stereocenters. The molecule has 0 amide bonds. The minimum Gasteiger partial charge on any atom is -0.478 e. The van der Waals surface area contributed by atoms with Gasteiger partial charge < -0.3 is 5.11 Å². The van der Waals surface area contributed by atoms with Gasteiger partial charge in [-0.3, -0.25) is 4.68 Å². The van der Waals surface area contributed by atoms with Gasteiger partial charge in [-0.1, -0.05) is 12.1 Å². The van der Waals surface area contributed by atoms with Gasteiger partial charge in [0.1, 0.15) is 17.7 Å². The molecule has 0 spiro atoms. The Kier molecular flexibility index (Phi) is 3.72. The highest BCUT2D eigenvalue weighted by Gasteiger charge is 2.14. The lowest BCUT2D eigenvalue weighted by molar-refractivity contribution is 0.0698. The normalized spacial score (nSPS) is 11.2. The van der Waals surface area contributed by atoms with Crippen molar-refractivity contribution in [1.29, 1.82) is 0 Å². The molecule has 26 heavy (non-hydrogen) atoms. The Morgan fingerprint density at radius 2 is 2.04 bits per heavy atom. The molecule has 3 heterocycles. The van der Waals surface area contributed by atoms with Crippen LogP contribution in [0.1, 0.15) is 21.5 Å². The summed E-state index contributed by atoms with van der Waals surface area (Å²) in [5, 5.41) is 17.4. The molecule has 130 valence electrons. The van der Waals surface area contributed by atoms with E-state index in [4.69, 9.17) is 0 Å². The van der Waals surface area contributed by atoms with Gasteiger partial charge >= 0.3 is 5.97 Å². The van der Waals surface area contributed by atoms with Gasteiger partial charge in [-0.25, -0.2) is 18.7 Å². The summed E-state index contributed by atoms with van der Waals surface area (Å²) in [5.41, 5.74) is 2.95. The lowest BCUT2D eigenvalue weighted by atomic mass is 10.0. The number of halogens is 1. The Morgan fingerprint density at radius 1 is 1.19 bits per heavy atom. The second-order valence-corrected chi connectivity index (χ2v) is 5.98. The van der Waals surface area contributed by atoms with Gasteiger partial charge in [-0.15, -0.1) is 0 Å². The topological polar surface area (TPSA) is 85.3 Å². The summed E-state index contributed by atoms with van der Waals surface area (Å²) in [6.07, 6.45) is 6.67. The van der Waals surface area contributed by atoms with E-state index in [1.54, 1.807) is 30.2 Å². The van der Waals surface area contributed by atoms with Gasteiger partial charge in [0.15, 0.2) is 5.65 Å². The fourth-order valence-electron chi connectivity index (χ4n) is 2.90. The van der Waals surface area contributed by atoms with Crippen LogP contribution >= 0.6 is 0 Å². The number of aromatic nitrogens is 5. The molecule has 0 saturated carbocycles. The van der Waals surface area contributed by atoms with Crippen molar-refractivity contribution in [2.75, 3.05) is 0 Å². The van der Waals surface area contributed by atoms with Crippen molar-refractivity contribution < 1.29 is 14.3 Å². The fraction of sp³-hybridized carbons (Fsp3) is 0.111. The van der Waals surface area contributed by atoms with Crippen molar-refractivity contribution in [1.82, 2.24) is 24.4 Å². The maximum atomic E-state index is 14.6. The molecule has 4 rings (SSSR count). The zero-order valence-electron chi connectivity index (χ0n) is 13.8. The number of hydrogen-bond donors (Lipinski definition) is 1. The largest absolute Gasteiger partial charge is 0.478 e. The highest BCUT2D eigenvalue weighted by atomic mass is 19.1. The predicted molar refractivity (Wildman–Crippen MR) is 91.4 cm³/mol. The summed E-state index contributed by atoms with van der Waals surface area (Å²) in [5.74, 6) is -1.46. The first-order valence-corrected chi connectivity index (χ1v) is 7.84. The molecule has 0 fully saturated rings. The molecule has 1 aromatic carbocycles. The van der Waals surface area contributed by atoms with Crippen LogP contribution in [0.25, 0.3) is 16.8 Å². The van der Waals surface area contributed by atoms with Crippen molar-refractivity contribution in [2.45, 2.75) is 6.42 Å². The third-order valence-electron chi connectivity index (χ3n) is 4.15. The Morgan fingerprint density at radius 3 is 2.73 bits per heavy atom. The number of carbonyl (C=O) groups is 1. The minimum atomic E-state index is -1.10. The van der Waals surface area contributed by atoms with Crippen LogP contribution in [0, 0.1) is 5.82 Å². The van der Waals surface area contributed by atoms with E-state index in [9.17, 15) is 14.3 Å². The maximum absolute atomic E-state index is 14.6. The van der Waals surface area contributed by atoms with E-state index >= 15 is 0 Å². The van der Waals surface area contributed by atoms with Crippen LogP contribution in [0.5, 0.6) is 0 Å². The molecular formula is C18H14FN5O2. The summed E-state index contributed by atoms with van der Waals surface area (Å²) in [7, 11) is 1.80. The quantitative estimate of drug-likeness (QED) is 0.611. The van der Waals surface area contributed by atoms with Crippen molar-refractivity contribution in [3.05, 3.63) is 71.7 Å². The van der Waals surface area contributed by atoms with Crippen molar-refractivity contribution in [2.24, 2.45) is 7.05 Å². The molecule has 4 aromatic rings. The standard InChI is InChI=1S/C18H14FN5O2/c1-23-9-14(7-21-23)12-2-3-13(16(19)6-12)4-11-5-15(18(25)26)17-20-10-22-24(17)8-11/h2-3,5-10H,4H2,1H3,(H,25,26). The number of aromatic carboxylic acids is 1. The molecule has 8 heteroatoms. The van der Waals surface area contributed by atoms with Crippen LogP contribution in [0.3, 0.4) is 0 Å². The number of carboxylic acid groups (broad SMARTS) is 1. The van der Waals surface area contributed by atoms with Crippen LogP contribution in [0.2, 0.25) is 0 Å². The van der Waals surface area contributed by atoms with Crippen LogP contribution < -0.4 is 0 Å². The Bertz CT molecular complexity index is 1130. The van der Waals surface area contributed by atoms with Crippen molar-refractivity contribution in [3.8, 4) is 11.1 Å². The van der Waals surface area contributed by atoms with E-state index in [-0.39, 0.29) is 23.4 Å². The van der Waals surface area contributed by atoms with Gasteiger partial charge in [0.2, 0.25) is 0 Å². The molecule has 0 atom stereocenters. The van der Waals surface area contributed by atoms with Crippen molar-refractivity contribution in [3.63, 3.8) is 0 Å². The molecule has 0 radical (unpaired) electrons. The molecule has 0 saturated heterocycles. The van der Waals surface area contributed by atoms with Gasteiger partial charge in [-0.05, 0) is 28.8 Å². The first-order chi connectivity index (χ1) is 12.5. The van der Waals surface area contributed by atoms with Gasteiger partial charge in [-0.2, -0.15) is 10.2 Å².